The van der Waals surface area contributed by atoms with Crippen LogP contribution in [0.5, 0.6) is 0 Å². The summed E-state index contributed by atoms with van der Waals surface area (Å²) >= 11 is 5.85. The number of halogens is 1. The third-order valence-corrected chi connectivity index (χ3v) is 6.14. The van der Waals surface area contributed by atoms with Crippen LogP contribution < -0.4 is 11.3 Å². The van der Waals surface area contributed by atoms with Crippen LogP contribution in [0.2, 0.25) is 5.02 Å². The van der Waals surface area contributed by atoms with Gasteiger partial charge in [0.05, 0.1) is 11.1 Å². The van der Waals surface area contributed by atoms with E-state index < -0.39 is 15.4 Å². The Labute approximate surface area is 155 Å². The molecule has 0 saturated carbocycles. The molecule has 26 heavy (non-hydrogen) atoms. The summed E-state index contributed by atoms with van der Waals surface area (Å²) in [5.41, 5.74) is 5.88. The van der Waals surface area contributed by atoms with Gasteiger partial charge < -0.3 is 15.2 Å². The van der Waals surface area contributed by atoms with Crippen LogP contribution in [0, 0.1) is 0 Å². The van der Waals surface area contributed by atoms with Crippen LogP contribution in [0.25, 0.3) is 10.9 Å². The summed E-state index contributed by atoms with van der Waals surface area (Å²) in [6.45, 7) is 0.939. The lowest BCUT2D eigenvalue weighted by Crippen LogP contribution is -2.21. The average Bonchev–Trinajstić information content (AvgIpc) is 2.86. The van der Waals surface area contributed by atoms with E-state index in [1.165, 1.54) is 35.0 Å². The minimum atomic E-state index is -3.96. The first-order valence-electron chi connectivity index (χ1n) is 7.74. The number of sulfone groups is 1. The standard InChI is InChI=1S/C16H18ClN5O3S/c1-21(2)7-8-22-13-12(9-19-20-16(13)23)14(15(22)18)26(24,25)11-5-3-10(17)4-6-11/h3-6,9H,7-8,18H2,1-2H3,(H,20,23). The molecule has 3 N–H and O–H groups in total. The van der Waals surface area contributed by atoms with E-state index in [0.717, 1.165) is 0 Å². The van der Waals surface area contributed by atoms with Crippen molar-refractivity contribution >= 4 is 38.2 Å². The van der Waals surface area contributed by atoms with Crippen LogP contribution >= 0.6 is 11.6 Å². The van der Waals surface area contributed by atoms with Crippen LogP contribution in [-0.4, -0.2) is 48.7 Å². The van der Waals surface area contributed by atoms with E-state index in [1.54, 1.807) is 0 Å². The van der Waals surface area contributed by atoms with Crippen LogP contribution in [-0.2, 0) is 16.4 Å². The topological polar surface area (TPSA) is 114 Å². The molecule has 0 atom stereocenters. The maximum atomic E-state index is 13.2. The van der Waals surface area contributed by atoms with Crippen molar-refractivity contribution in [2.45, 2.75) is 16.3 Å². The average molecular weight is 396 g/mol. The Hall–Kier alpha value is -2.36. The number of fused-ring (bicyclic) bond motifs is 1. The molecule has 0 aliphatic rings. The first kappa shape index (κ1) is 18.4. The Morgan fingerprint density at radius 1 is 1.27 bits per heavy atom. The van der Waals surface area contributed by atoms with Crippen molar-refractivity contribution in [3.8, 4) is 0 Å². The third-order valence-electron chi connectivity index (χ3n) is 4.03. The maximum Gasteiger partial charge on any atom is 0.288 e. The normalized spacial score (nSPS) is 12.2. The minimum absolute atomic E-state index is 0.00954. The first-order valence-corrected chi connectivity index (χ1v) is 9.60. The van der Waals surface area contributed by atoms with Gasteiger partial charge in [0, 0.05) is 23.5 Å². The van der Waals surface area contributed by atoms with Gasteiger partial charge in [-0.1, -0.05) is 11.6 Å². The molecular formula is C16H18ClN5O3S. The van der Waals surface area contributed by atoms with E-state index in [4.69, 9.17) is 17.3 Å². The molecule has 2 aromatic heterocycles. The van der Waals surface area contributed by atoms with Gasteiger partial charge in [-0.25, -0.2) is 13.5 Å². The Balaban J connectivity index is 2.30. The number of aromatic nitrogens is 3. The number of nitrogens with one attached hydrogen (secondary N) is 1. The van der Waals surface area contributed by atoms with Crippen molar-refractivity contribution in [3.63, 3.8) is 0 Å². The van der Waals surface area contributed by atoms with Crippen LogP contribution in [0.1, 0.15) is 0 Å². The van der Waals surface area contributed by atoms with E-state index in [-0.39, 0.29) is 26.5 Å². The van der Waals surface area contributed by atoms with Gasteiger partial charge in [-0.2, -0.15) is 5.10 Å². The molecule has 0 radical (unpaired) electrons. The van der Waals surface area contributed by atoms with Gasteiger partial charge in [0.1, 0.15) is 16.2 Å². The summed E-state index contributed by atoms with van der Waals surface area (Å²) in [4.78, 5) is 14.1. The summed E-state index contributed by atoms with van der Waals surface area (Å²) in [5.74, 6) is 0.00954. The molecule has 138 valence electrons. The molecule has 0 aliphatic carbocycles. The molecular weight excluding hydrogens is 378 g/mol. The van der Waals surface area contributed by atoms with Crippen molar-refractivity contribution in [1.29, 1.82) is 0 Å². The lowest BCUT2D eigenvalue weighted by molar-refractivity contribution is 0.387. The fourth-order valence-corrected chi connectivity index (χ4v) is 4.43. The van der Waals surface area contributed by atoms with E-state index in [9.17, 15) is 13.2 Å². The second-order valence-corrected chi connectivity index (χ2v) is 8.41. The molecule has 0 saturated heterocycles. The van der Waals surface area contributed by atoms with Gasteiger partial charge >= 0.3 is 0 Å². The number of nitrogens with zero attached hydrogens (tertiary/aromatic N) is 3. The summed E-state index contributed by atoms with van der Waals surface area (Å²) in [6, 6.07) is 5.78. The molecule has 1 aromatic carbocycles. The van der Waals surface area contributed by atoms with Gasteiger partial charge in [-0.3, -0.25) is 4.79 Å². The number of benzene rings is 1. The van der Waals surface area contributed by atoms with E-state index in [1.807, 2.05) is 19.0 Å². The highest BCUT2D eigenvalue weighted by Gasteiger charge is 2.29. The molecule has 2 heterocycles. The predicted molar refractivity (Wildman–Crippen MR) is 100 cm³/mol. The SMILES string of the molecule is CN(C)CCn1c(N)c(S(=O)(=O)c2ccc(Cl)cc2)c2cn[nH]c(=O)c21. The number of nitrogen functional groups attached to an aromatic ring is 1. The summed E-state index contributed by atoms with van der Waals surface area (Å²) in [7, 11) is -0.210. The third kappa shape index (κ3) is 3.09. The molecule has 0 fully saturated rings. The quantitative estimate of drug-likeness (QED) is 0.674. The van der Waals surface area contributed by atoms with Crippen molar-refractivity contribution in [2.24, 2.45) is 0 Å². The monoisotopic (exact) mass is 395 g/mol. The number of rotatable bonds is 5. The summed E-state index contributed by atoms with van der Waals surface area (Å²) < 4.78 is 27.8. The van der Waals surface area contributed by atoms with Crippen molar-refractivity contribution in [3.05, 3.63) is 45.8 Å². The zero-order chi connectivity index (χ0) is 19.1. The van der Waals surface area contributed by atoms with Crippen molar-refractivity contribution < 1.29 is 8.42 Å². The smallest absolute Gasteiger partial charge is 0.288 e. The lowest BCUT2D eigenvalue weighted by Gasteiger charge is -2.12. The number of hydrogen-bond donors (Lipinski definition) is 2. The van der Waals surface area contributed by atoms with E-state index in [2.05, 4.69) is 10.2 Å². The van der Waals surface area contributed by atoms with Crippen molar-refractivity contribution in [2.75, 3.05) is 26.4 Å². The van der Waals surface area contributed by atoms with Crippen LogP contribution in [0.3, 0.4) is 0 Å². The number of hydrogen-bond acceptors (Lipinski definition) is 6. The molecule has 0 bridgehead atoms. The molecule has 0 spiro atoms. The Morgan fingerprint density at radius 3 is 2.54 bits per heavy atom. The number of likely N-dealkylation sites (N-methyl/N-ethyl adjacent to an activating group) is 1. The molecule has 0 unspecified atom stereocenters. The molecule has 3 aromatic rings. The zero-order valence-corrected chi connectivity index (χ0v) is 15.8. The van der Waals surface area contributed by atoms with Crippen molar-refractivity contribution in [1.82, 2.24) is 19.7 Å². The number of H-pyrrole nitrogens is 1. The van der Waals surface area contributed by atoms with Gasteiger partial charge in [-0.15, -0.1) is 0 Å². The van der Waals surface area contributed by atoms with Gasteiger partial charge in [0.25, 0.3) is 5.56 Å². The number of nitrogens with two attached hydrogens (primary N) is 1. The highest BCUT2D eigenvalue weighted by Crippen LogP contribution is 2.34. The van der Waals surface area contributed by atoms with Gasteiger partial charge in [0.15, 0.2) is 0 Å². The zero-order valence-electron chi connectivity index (χ0n) is 14.2. The van der Waals surface area contributed by atoms with Gasteiger partial charge in [0.2, 0.25) is 9.84 Å². The van der Waals surface area contributed by atoms with E-state index in [0.29, 0.717) is 18.1 Å². The molecule has 0 amide bonds. The predicted octanol–water partition coefficient (Wildman–Crippen LogP) is 1.35. The van der Waals surface area contributed by atoms with Crippen LogP contribution in [0.15, 0.2) is 45.0 Å². The fraction of sp³-hybridized carbons (Fsp3) is 0.250. The Morgan fingerprint density at radius 2 is 1.92 bits per heavy atom. The lowest BCUT2D eigenvalue weighted by atomic mass is 10.3. The van der Waals surface area contributed by atoms with Gasteiger partial charge in [-0.05, 0) is 38.4 Å². The minimum Gasteiger partial charge on any atom is -0.384 e. The number of aromatic amines is 1. The summed E-state index contributed by atoms with van der Waals surface area (Å²) in [5, 5.41) is 6.69. The van der Waals surface area contributed by atoms with Crippen LogP contribution in [0.4, 0.5) is 5.82 Å². The second-order valence-electron chi connectivity index (χ2n) is 6.09. The largest absolute Gasteiger partial charge is 0.384 e. The maximum absolute atomic E-state index is 13.2. The van der Waals surface area contributed by atoms with E-state index >= 15 is 0 Å². The Bertz CT molecular complexity index is 1120. The Kier molecular flexibility index (Phi) is 4.78. The molecule has 3 rings (SSSR count). The molecule has 0 aliphatic heterocycles. The number of anilines is 1. The first-order chi connectivity index (χ1) is 12.2. The highest BCUT2D eigenvalue weighted by atomic mass is 35.5. The fourth-order valence-electron chi connectivity index (χ4n) is 2.75. The highest BCUT2D eigenvalue weighted by molar-refractivity contribution is 7.92. The second kappa shape index (κ2) is 6.75. The molecule has 10 heteroatoms. The summed E-state index contributed by atoms with van der Waals surface area (Å²) in [6.07, 6.45) is 1.31. The molecule has 8 nitrogen and oxygen atoms in total.